The van der Waals surface area contributed by atoms with Crippen LogP contribution in [0.25, 0.3) is 0 Å². The number of thiophene rings is 1. The number of carbonyl (C=O) groups excluding carboxylic acids is 3. The molecule has 3 rings (SSSR count). The number of benzene rings is 1. The number of hydrogen-bond acceptors (Lipinski definition) is 7. The Morgan fingerprint density at radius 1 is 1.16 bits per heavy atom. The summed E-state index contributed by atoms with van der Waals surface area (Å²) in [4.78, 5) is 38.6. The maximum atomic E-state index is 12.7. The van der Waals surface area contributed by atoms with Gasteiger partial charge in [-0.1, -0.05) is 6.07 Å². The first-order valence-corrected chi connectivity index (χ1v) is 11.0. The highest BCUT2D eigenvalue weighted by Gasteiger charge is 2.29. The Kier molecular flexibility index (Phi) is 7.79. The highest BCUT2D eigenvalue weighted by molar-refractivity contribution is 7.17. The number of hydrogen-bond donors (Lipinski definition) is 1. The number of nitrogens with one attached hydrogen (secondary N) is 1. The lowest BCUT2D eigenvalue weighted by atomic mass is 9.95. The number of carbonyl (C=O) groups is 3. The number of anilines is 1. The molecule has 0 saturated heterocycles. The largest absolute Gasteiger partial charge is 0.462 e. The summed E-state index contributed by atoms with van der Waals surface area (Å²) in [5, 5.41) is 3.05. The van der Waals surface area contributed by atoms with E-state index in [-0.39, 0.29) is 17.9 Å². The van der Waals surface area contributed by atoms with Gasteiger partial charge in [-0.05, 0) is 63.3 Å². The normalized spacial score (nSPS) is 13.8. The van der Waals surface area contributed by atoms with E-state index in [0.29, 0.717) is 10.6 Å². The van der Waals surface area contributed by atoms with Crippen LogP contribution in [0.1, 0.15) is 57.8 Å². The van der Waals surface area contributed by atoms with Crippen molar-refractivity contribution in [3.8, 4) is 5.75 Å². The van der Waals surface area contributed by atoms with Gasteiger partial charge in [0.1, 0.15) is 10.8 Å². The van der Waals surface area contributed by atoms with Gasteiger partial charge in [0.2, 0.25) is 0 Å². The third-order valence-corrected chi connectivity index (χ3v) is 6.04. The van der Waals surface area contributed by atoms with Crippen molar-refractivity contribution in [1.82, 2.24) is 0 Å². The van der Waals surface area contributed by atoms with Gasteiger partial charge in [0.15, 0.2) is 6.10 Å². The van der Waals surface area contributed by atoms with Gasteiger partial charge in [0.25, 0.3) is 5.91 Å². The van der Waals surface area contributed by atoms with Crippen molar-refractivity contribution >= 4 is 34.2 Å². The highest BCUT2D eigenvalue weighted by Crippen LogP contribution is 2.38. The molecule has 0 saturated carbocycles. The first kappa shape index (κ1) is 23.6. The van der Waals surface area contributed by atoms with Crippen molar-refractivity contribution < 1.29 is 37.4 Å². The first-order chi connectivity index (χ1) is 15.3. The molecule has 1 atom stereocenters. The van der Waals surface area contributed by atoms with E-state index in [1.807, 2.05) is 0 Å². The third-order valence-electron chi connectivity index (χ3n) is 4.84. The second-order valence-electron chi connectivity index (χ2n) is 7.08. The summed E-state index contributed by atoms with van der Waals surface area (Å²) in [5.41, 5.74) is 1.22. The van der Waals surface area contributed by atoms with Gasteiger partial charge in [-0.25, -0.2) is 9.59 Å². The molecule has 0 bridgehead atoms. The molecule has 7 nitrogen and oxygen atoms in total. The lowest BCUT2D eigenvalue weighted by molar-refractivity contribution is -0.123. The van der Waals surface area contributed by atoms with Gasteiger partial charge in [0.05, 0.1) is 17.7 Å². The minimum Gasteiger partial charge on any atom is -0.462 e. The topological polar surface area (TPSA) is 90.9 Å². The van der Waals surface area contributed by atoms with E-state index in [2.05, 4.69) is 10.1 Å². The molecule has 0 fully saturated rings. The Hall–Kier alpha value is -3.01. The fourth-order valence-electron chi connectivity index (χ4n) is 3.37. The van der Waals surface area contributed by atoms with Crippen LogP contribution in [0.3, 0.4) is 0 Å². The second kappa shape index (κ2) is 10.5. The lowest BCUT2D eigenvalue weighted by Crippen LogP contribution is -2.30. The average Bonchev–Trinajstić information content (AvgIpc) is 3.11. The fourth-order valence-corrected chi connectivity index (χ4v) is 4.65. The number of aryl methyl sites for hydroxylation is 1. The Morgan fingerprint density at radius 3 is 2.62 bits per heavy atom. The van der Waals surface area contributed by atoms with Crippen molar-refractivity contribution in [3.05, 3.63) is 45.8 Å². The number of halogens is 2. The zero-order valence-electron chi connectivity index (χ0n) is 17.6. The Labute approximate surface area is 187 Å². The SMILES string of the molecule is CCOC(=O)c1c(NC(=O)C(C)OC(=O)c2cccc(OC(F)F)c2)sc2c1CCCC2. The van der Waals surface area contributed by atoms with E-state index >= 15 is 0 Å². The van der Waals surface area contributed by atoms with E-state index in [1.165, 1.54) is 36.5 Å². The standard InChI is InChI=1S/C22H23F2NO6S/c1-3-29-21(28)17-15-9-4-5-10-16(15)32-19(17)25-18(26)12(2)30-20(27)13-7-6-8-14(11-13)31-22(23)24/h6-8,11-12,22H,3-5,9-10H2,1-2H3,(H,25,26). The van der Waals surface area contributed by atoms with E-state index in [9.17, 15) is 23.2 Å². The summed E-state index contributed by atoms with van der Waals surface area (Å²) in [7, 11) is 0. The number of alkyl halides is 2. The lowest BCUT2D eigenvalue weighted by Gasteiger charge is -2.14. The van der Waals surface area contributed by atoms with Crippen LogP contribution in [-0.2, 0) is 27.1 Å². The van der Waals surface area contributed by atoms with Gasteiger partial charge in [-0.2, -0.15) is 8.78 Å². The Morgan fingerprint density at radius 2 is 1.91 bits per heavy atom. The second-order valence-corrected chi connectivity index (χ2v) is 8.18. The van der Waals surface area contributed by atoms with Crippen molar-refractivity contribution in [2.75, 3.05) is 11.9 Å². The van der Waals surface area contributed by atoms with E-state index in [0.717, 1.165) is 42.2 Å². The number of esters is 2. The summed E-state index contributed by atoms with van der Waals surface area (Å²) >= 11 is 1.32. The summed E-state index contributed by atoms with van der Waals surface area (Å²) in [6.45, 7) is 0.262. The molecule has 10 heteroatoms. The molecule has 1 aliphatic carbocycles. The molecule has 1 aliphatic rings. The quantitative estimate of drug-likeness (QED) is 0.571. The molecular formula is C22H23F2NO6S. The van der Waals surface area contributed by atoms with Gasteiger partial charge in [0, 0.05) is 4.88 Å². The van der Waals surface area contributed by atoms with E-state index in [4.69, 9.17) is 9.47 Å². The Balaban J connectivity index is 1.71. The molecule has 0 aliphatic heterocycles. The number of fused-ring (bicyclic) bond motifs is 1. The molecular weight excluding hydrogens is 444 g/mol. The van der Waals surface area contributed by atoms with Crippen LogP contribution < -0.4 is 10.1 Å². The molecule has 1 aromatic carbocycles. The van der Waals surface area contributed by atoms with Crippen molar-refractivity contribution in [2.24, 2.45) is 0 Å². The summed E-state index contributed by atoms with van der Waals surface area (Å²) in [5.74, 6) is -2.19. The maximum Gasteiger partial charge on any atom is 0.387 e. The number of amides is 1. The molecule has 0 spiro atoms. The zero-order valence-corrected chi connectivity index (χ0v) is 18.4. The summed E-state index contributed by atoms with van der Waals surface area (Å²) < 4.78 is 39.4. The molecule has 32 heavy (non-hydrogen) atoms. The molecule has 1 amide bonds. The van der Waals surface area contributed by atoms with Crippen LogP contribution in [0, 0.1) is 0 Å². The molecule has 172 valence electrons. The predicted molar refractivity (Wildman–Crippen MR) is 113 cm³/mol. The predicted octanol–water partition coefficient (Wildman–Crippen LogP) is 4.59. The van der Waals surface area contributed by atoms with Crippen LogP contribution in [0.15, 0.2) is 24.3 Å². The minimum absolute atomic E-state index is 0.0402. The third kappa shape index (κ3) is 5.61. The van der Waals surface area contributed by atoms with Crippen molar-refractivity contribution in [2.45, 2.75) is 52.2 Å². The fraction of sp³-hybridized carbons (Fsp3) is 0.409. The van der Waals surface area contributed by atoms with Gasteiger partial charge in [-0.15, -0.1) is 11.3 Å². The maximum absolute atomic E-state index is 12.7. The molecule has 2 aromatic rings. The van der Waals surface area contributed by atoms with Gasteiger partial charge < -0.3 is 19.5 Å². The van der Waals surface area contributed by atoms with Crippen molar-refractivity contribution in [1.29, 1.82) is 0 Å². The zero-order chi connectivity index (χ0) is 23.3. The molecule has 0 radical (unpaired) electrons. The molecule has 1 aromatic heterocycles. The van der Waals surface area contributed by atoms with Crippen LogP contribution in [-0.4, -0.2) is 37.2 Å². The van der Waals surface area contributed by atoms with Crippen LogP contribution in [0.5, 0.6) is 5.75 Å². The number of ether oxygens (including phenoxy) is 3. The molecule has 1 heterocycles. The molecule has 1 N–H and O–H groups in total. The molecule has 1 unspecified atom stereocenters. The van der Waals surface area contributed by atoms with Gasteiger partial charge >= 0.3 is 18.6 Å². The smallest absolute Gasteiger partial charge is 0.387 e. The van der Waals surface area contributed by atoms with E-state index in [1.54, 1.807) is 6.92 Å². The summed E-state index contributed by atoms with van der Waals surface area (Å²) in [6, 6.07) is 5.10. The monoisotopic (exact) mass is 467 g/mol. The van der Waals surface area contributed by atoms with Crippen LogP contribution in [0.2, 0.25) is 0 Å². The minimum atomic E-state index is -3.03. The Bertz CT molecular complexity index is 1010. The summed E-state index contributed by atoms with van der Waals surface area (Å²) in [6.07, 6.45) is 2.31. The highest BCUT2D eigenvalue weighted by atomic mass is 32.1. The number of rotatable bonds is 8. The van der Waals surface area contributed by atoms with E-state index < -0.39 is 30.6 Å². The average molecular weight is 467 g/mol. The first-order valence-electron chi connectivity index (χ1n) is 10.2. The van der Waals surface area contributed by atoms with Gasteiger partial charge in [-0.3, -0.25) is 4.79 Å². The van der Waals surface area contributed by atoms with Crippen LogP contribution in [0.4, 0.5) is 13.8 Å². The van der Waals surface area contributed by atoms with Crippen LogP contribution >= 0.6 is 11.3 Å². The van der Waals surface area contributed by atoms with Crippen molar-refractivity contribution in [3.63, 3.8) is 0 Å².